The van der Waals surface area contributed by atoms with E-state index in [1.54, 1.807) is 0 Å². The first-order chi connectivity index (χ1) is 14.7. The first-order valence-corrected chi connectivity index (χ1v) is 11.1. The first-order valence-electron chi connectivity index (χ1n) is 11.1. The molecular weight excluding hydrogens is 499 g/mol. The highest BCUT2D eigenvalue weighted by atomic mass is 127. The molecule has 1 heterocycles. The summed E-state index contributed by atoms with van der Waals surface area (Å²) in [5.74, 6) is 1.12. The molecule has 0 bridgehead atoms. The number of halogens is 1. The first kappa shape index (κ1) is 23.6. The van der Waals surface area contributed by atoms with Gasteiger partial charge in [0, 0.05) is 38.0 Å². The minimum atomic E-state index is 0. The Morgan fingerprint density at radius 2 is 1.74 bits per heavy atom. The van der Waals surface area contributed by atoms with Crippen molar-refractivity contribution in [1.29, 1.82) is 0 Å². The molecule has 0 unspecified atom stereocenters. The number of carbonyl (C=O) groups excluding carboxylic acids is 1. The molecule has 2 fully saturated rings. The number of nitrogens with zero attached hydrogens (tertiary/aromatic N) is 2. The number of nitrogens with one attached hydrogen (secondary N) is 2. The lowest BCUT2D eigenvalue weighted by molar-refractivity contribution is -0.128. The summed E-state index contributed by atoms with van der Waals surface area (Å²) < 4.78 is 0. The Morgan fingerprint density at radius 1 is 1.03 bits per heavy atom. The van der Waals surface area contributed by atoms with E-state index in [1.165, 1.54) is 29.5 Å². The van der Waals surface area contributed by atoms with Crippen molar-refractivity contribution >= 4 is 35.8 Å². The second-order valence-electron chi connectivity index (χ2n) is 8.38. The minimum Gasteiger partial charge on any atom is -0.357 e. The monoisotopic (exact) mass is 532 g/mol. The molecule has 2 N–H and O–H groups in total. The van der Waals surface area contributed by atoms with Gasteiger partial charge in [-0.15, -0.1) is 24.0 Å². The average Bonchev–Trinajstić information content (AvgIpc) is 3.47. The summed E-state index contributed by atoms with van der Waals surface area (Å²) in [6, 6.07) is 19.1. The van der Waals surface area contributed by atoms with Gasteiger partial charge >= 0.3 is 0 Å². The van der Waals surface area contributed by atoms with E-state index in [0.717, 1.165) is 32.0 Å². The lowest BCUT2D eigenvalue weighted by Gasteiger charge is -2.20. The third-order valence-corrected chi connectivity index (χ3v) is 6.24. The van der Waals surface area contributed by atoms with Crippen LogP contribution in [0, 0.1) is 0 Å². The Labute approximate surface area is 202 Å². The van der Waals surface area contributed by atoms with Crippen LogP contribution in [-0.4, -0.2) is 36.4 Å². The summed E-state index contributed by atoms with van der Waals surface area (Å²) in [7, 11) is 0. The van der Waals surface area contributed by atoms with Crippen LogP contribution < -0.4 is 10.6 Å². The van der Waals surface area contributed by atoms with Crippen LogP contribution in [0.4, 0.5) is 0 Å². The number of amides is 1. The Hall–Kier alpha value is -2.09. The highest BCUT2D eigenvalue weighted by Crippen LogP contribution is 2.47. The Balaban J connectivity index is 0.00000272. The van der Waals surface area contributed by atoms with Crippen LogP contribution in [0.2, 0.25) is 0 Å². The quantitative estimate of drug-likeness (QED) is 0.304. The van der Waals surface area contributed by atoms with Crippen molar-refractivity contribution in [2.45, 2.75) is 51.1 Å². The van der Waals surface area contributed by atoms with E-state index in [4.69, 9.17) is 4.99 Å². The largest absolute Gasteiger partial charge is 0.357 e. The molecule has 166 valence electrons. The summed E-state index contributed by atoms with van der Waals surface area (Å²) >= 11 is 0. The van der Waals surface area contributed by atoms with Gasteiger partial charge < -0.3 is 15.5 Å². The van der Waals surface area contributed by atoms with E-state index in [9.17, 15) is 4.79 Å². The number of hydrogen-bond acceptors (Lipinski definition) is 2. The maximum Gasteiger partial charge on any atom is 0.222 e. The van der Waals surface area contributed by atoms with Gasteiger partial charge in [0.15, 0.2) is 5.96 Å². The molecule has 1 aliphatic carbocycles. The maximum absolute atomic E-state index is 12.0. The normalized spacial score (nSPS) is 17.3. The lowest BCUT2D eigenvalue weighted by atomic mass is 9.96. The minimum absolute atomic E-state index is 0. The van der Waals surface area contributed by atoms with Crippen LogP contribution in [0.25, 0.3) is 0 Å². The van der Waals surface area contributed by atoms with E-state index in [1.807, 2.05) is 11.0 Å². The van der Waals surface area contributed by atoms with Gasteiger partial charge in [-0.1, -0.05) is 54.6 Å². The molecule has 2 aliphatic rings. The van der Waals surface area contributed by atoms with Crippen molar-refractivity contribution in [3.63, 3.8) is 0 Å². The highest BCUT2D eigenvalue weighted by molar-refractivity contribution is 14.0. The average molecular weight is 532 g/mol. The second kappa shape index (κ2) is 11.0. The number of guanidine groups is 1. The van der Waals surface area contributed by atoms with Crippen molar-refractivity contribution < 1.29 is 4.79 Å². The van der Waals surface area contributed by atoms with Gasteiger partial charge in [-0.3, -0.25) is 4.79 Å². The Bertz CT molecular complexity index is 895. The van der Waals surface area contributed by atoms with Crippen molar-refractivity contribution in [2.24, 2.45) is 4.99 Å². The summed E-state index contributed by atoms with van der Waals surface area (Å²) in [6.07, 6.45) is 4.08. The number of benzene rings is 2. The fourth-order valence-electron chi connectivity index (χ4n) is 4.21. The van der Waals surface area contributed by atoms with Crippen LogP contribution in [0.1, 0.15) is 49.3 Å². The molecule has 0 spiro atoms. The number of carbonyl (C=O) groups is 1. The molecule has 1 saturated heterocycles. The molecule has 1 saturated carbocycles. The number of aliphatic imine (C=N–C) groups is 1. The second-order valence-corrected chi connectivity index (χ2v) is 8.38. The molecule has 6 heteroatoms. The summed E-state index contributed by atoms with van der Waals surface area (Å²) in [4.78, 5) is 18.8. The molecule has 1 aliphatic heterocycles. The van der Waals surface area contributed by atoms with Gasteiger partial charge in [0.2, 0.25) is 5.91 Å². The zero-order chi connectivity index (χ0) is 20.8. The fraction of sp³-hybridized carbons (Fsp3) is 0.440. The Morgan fingerprint density at radius 3 is 2.39 bits per heavy atom. The van der Waals surface area contributed by atoms with Crippen molar-refractivity contribution in [1.82, 2.24) is 15.5 Å². The predicted molar refractivity (Wildman–Crippen MR) is 137 cm³/mol. The number of hydrogen-bond donors (Lipinski definition) is 2. The highest BCUT2D eigenvalue weighted by Gasteiger charge is 2.44. The predicted octanol–water partition coefficient (Wildman–Crippen LogP) is 4.21. The van der Waals surface area contributed by atoms with E-state index in [0.29, 0.717) is 19.5 Å². The van der Waals surface area contributed by atoms with E-state index < -0.39 is 0 Å². The van der Waals surface area contributed by atoms with Crippen LogP contribution in [-0.2, 0) is 23.3 Å². The van der Waals surface area contributed by atoms with Gasteiger partial charge in [-0.25, -0.2) is 4.99 Å². The molecule has 4 rings (SSSR count). The van der Waals surface area contributed by atoms with Gasteiger partial charge in [0.05, 0.1) is 6.54 Å². The lowest BCUT2D eigenvalue weighted by Crippen LogP contribution is -2.41. The molecule has 2 aromatic carbocycles. The maximum atomic E-state index is 12.0. The van der Waals surface area contributed by atoms with Gasteiger partial charge in [0.1, 0.15) is 0 Å². The summed E-state index contributed by atoms with van der Waals surface area (Å²) in [6.45, 7) is 5.97. The van der Waals surface area contributed by atoms with Crippen LogP contribution in [0.5, 0.6) is 0 Å². The van der Waals surface area contributed by atoms with Crippen LogP contribution >= 0.6 is 24.0 Å². The van der Waals surface area contributed by atoms with E-state index in [2.05, 4.69) is 66.1 Å². The van der Waals surface area contributed by atoms with Gasteiger partial charge in [-0.05, 0) is 42.9 Å². The van der Waals surface area contributed by atoms with Crippen molar-refractivity contribution in [3.05, 3.63) is 71.3 Å². The van der Waals surface area contributed by atoms with E-state index in [-0.39, 0.29) is 35.3 Å². The summed E-state index contributed by atoms with van der Waals surface area (Å²) in [5, 5.41) is 6.94. The smallest absolute Gasteiger partial charge is 0.222 e. The Kier molecular flexibility index (Phi) is 8.35. The van der Waals surface area contributed by atoms with Crippen LogP contribution in [0.3, 0.4) is 0 Å². The molecule has 0 atom stereocenters. The third kappa shape index (κ3) is 5.99. The molecule has 1 amide bonds. The zero-order valence-corrected chi connectivity index (χ0v) is 20.6. The molecular formula is C25H33IN4O. The van der Waals surface area contributed by atoms with Crippen LogP contribution in [0.15, 0.2) is 59.6 Å². The summed E-state index contributed by atoms with van der Waals surface area (Å²) in [5.41, 5.74) is 4.02. The molecule has 0 radical (unpaired) electrons. The topological polar surface area (TPSA) is 56.7 Å². The van der Waals surface area contributed by atoms with Gasteiger partial charge in [0.25, 0.3) is 0 Å². The van der Waals surface area contributed by atoms with E-state index >= 15 is 0 Å². The number of likely N-dealkylation sites (tertiary alicyclic amines) is 1. The zero-order valence-electron chi connectivity index (χ0n) is 18.3. The fourth-order valence-corrected chi connectivity index (χ4v) is 4.21. The SMILES string of the molecule is CCNC(=NCc1ccccc1CN1CCCC1=O)NCC1(c2ccccc2)CC1.I. The molecule has 2 aromatic rings. The van der Waals surface area contributed by atoms with Crippen molar-refractivity contribution in [3.8, 4) is 0 Å². The third-order valence-electron chi connectivity index (χ3n) is 6.24. The van der Waals surface area contributed by atoms with Crippen molar-refractivity contribution in [2.75, 3.05) is 19.6 Å². The van der Waals surface area contributed by atoms with Gasteiger partial charge in [-0.2, -0.15) is 0 Å². The standard InChI is InChI=1S/C25H32N4O.HI/c1-2-26-24(28-19-25(14-15-25)22-11-4-3-5-12-22)27-17-20-9-6-7-10-21(20)18-29-16-8-13-23(29)30;/h3-7,9-12H,2,8,13-19H2,1H3,(H2,26,27,28);1H. The molecule has 31 heavy (non-hydrogen) atoms. The number of rotatable bonds is 8. The molecule has 5 nitrogen and oxygen atoms in total. The molecule has 0 aromatic heterocycles.